The fourth-order valence-corrected chi connectivity index (χ4v) is 5.93. The molecule has 0 aliphatic carbocycles. The van der Waals surface area contributed by atoms with Gasteiger partial charge >= 0.3 is 19.8 Å². The van der Waals surface area contributed by atoms with Crippen molar-refractivity contribution in [1.82, 2.24) is 0 Å². The summed E-state index contributed by atoms with van der Waals surface area (Å²) in [6, 6.07) is 0. The molecule has 3 atom stereocenters. The van der Waals surface area contributed by atoms with E-state index in [-0.39, 0.29) is 19.4 Å². The van der Waals surface area contributed by atoms with Crippen molar-refractivity contribution in [2.24, 2.45) is 0 Å². The van der Waals surface area contributed by atoms with Crippen LogP contribution in [0.2, 0.25) is 0 Å². The molecule has 316 valence electrons. The van der Waals surface area contributed by atoms with E-state index >= 15 is 0 Å². The van der Waals surface area contributed by atoms with Crippen LogP contribution in [0.1, 0.15) is 155 Å². The van der Waals surface area contributed by atoms with Crippen molar-refractivity contribution in [3.05, 3.63) is 72.9 Å². The summed E-state index contributed by atoms with van der Waals surface area (Å²) >= 11 is 0. The van der Waals surface area contributed by atoms with Gasteiger partial charge in [-0.05, 0) is 77.0 Å². The van der Waals surface area contributed by atoms with E-state index in [1.165, 1.54) is 38.5 Å². The van der Waals surface area contributed by atoms with Gasteiger partial charge in [0, 0.05) is 12.8 Å². The molecule has 3 N–H and O–H groups in total. The van der Waals surface area contributed by atoms with E-state index in [0.717, 1.165) is 70.6 Å². The van der Waals surface area contributed by atoms with Crippen LogP contribution < -0.4 is 0 Å². The smallest absolute Gasteiger partial charge is 0.462 e. The fourth-order valence-electron chi connectivity index (χ4n) is 5.14. The van der Waals surface area contributed by atoms with Gasteiger partial charge in [0.15, 0.2) is 6.10 Å². The van der Waals surface area contributed by atoms with Crippen molar-refractivity contribution in [3.63, 3.8) is 0 Å². The van der Waals surface area contributed by atoms with Crippen LogP contribution >= 0.6 is 7.82 Å². The van der Waals surface area contributed by atoms with Crippen molar-refractivity contribution >= 4 is 19.8 Å². The topological polar surface area (TPSA) is 149 Å². The number of carbonyl (C=O) groups excluding carboxylic acids is 2. The predicted molar refractivity (Wildman–Crippen MR) is 223 cm³/mol. The molecule has 0 rings (SSSR count). The molecule has 0 spiro atoms. The van der Waals surface area contributed by atoms with Gasteiger partial charge in [-0.2, -0.15) is 0 Å². The van der Waals surface area contributed by atoms with E-state index < -0.39 is 51.8 Å². The summed E-state index contributed by atoms with van der Waals surface area (Å²) in [7, 11) is -4.64. The zero-order chi connectivity index (χ0) is 40.5. The Morgan fingerprint density at radius 3 is 1.56 bits per heavy atom. The number of aliphatic hydroxyl groups is 2. The Bertz CT molecular complexity index is 1140. The number of hydrogen-bond acceptors (Lipinski definition) is 9. The average Bonchev–Trinajstić information content (AvgIpc) is 3.17. The third kappa shape index (κ3) is 39.4. The Labute approximate surface area is 333 Å². The number of hydrogen-bond donors (Lipinski definition) is 3. The number of aliphatic hydroxyl groups excluding tert-OH is 2. The largest absolute Gasteiger partial charge is 0.472 e. The lowest BCUT2D eigenvalue weighted by atomic mass is 10.1. The first kappa shape index (κ1) is 52.4. The van der Waals surface area contributed by atoms with E-state index in [2.05, 4.69) is 85.2 Å². The van der Waals surface area contributed by atoms with Crippen LogP contribution in [0.25, 0.3) is 0 Å². The maximum Gasteiger partial charge on any atom is 0.472 e. The van der Waals surface area contributed by atoms with Gasteiger partial charge in [0.05, 0.1) is 19.8 Å². The minimum absolute atomic E-state index is 0.105. The maximum atomic E-state index is 12.6. The molecule has 3 unspecified atom stereocenters. The standard InChI is InChI=1S/C44H75O10P/c1-3-5-7-9-11-13-15-17-19-20-22-24-26-28-30-32-34-36-44(48)54-42(40-53-55(49,50)52-38-41(46)37-45)39-51-43(47)35-33-31-29-27-25-23-21-18-16-14-12-10-8-6-4-2/h6,8,12,14,17-19,21-22,24,28,30,41-42,45-46H,3-5,7,9-11,13,15-16,20,23,25-27,29,31-40H2,1-2H3,(H,49,50). The first-order valence-electron chi connectivity index (χ1n) is 20.9. The zero-order valence-electron chi connectivity index (χ0n) is 34.1. The van der Waals surface area contributed by atoms with Crippen molar-refractivity contribution in [3.8, 4) is 0 Å². The molecule has 0 aromatic carbocycles. The zero-order valence-corrected chi connectivity index (χ0v) is 35.0. The second kappa shape index (κ2) is 39.6. The number of allylic oxidation sites excluding steroid dienone is 12. The van der Waals surface area contributed by atoms with Crippen molar-refractivity contribution in [2.75, 3.05) is 26.4 Å². The Morgan fingerprint density at radius 2 is 1.02 bits per heavy atom. The maximum absolute atomic E-state index is 12.6. The van der Waals surface area contributed by atoms with Crippen LogP contribution in [0, 0.1) is 0 Å². The average molecular weight is 795 g/mol. The minimum atomic E-state index is -4.64. The van der Waals surface area contributed by atoms with E-state index in [4.69, 9.17) is 19.1 Å². The highest BCUT2D eigenvalue weighted by Gasteiger charge is 2.27. The van der Waals surface area contributed by atoms with Crippen molar-refractivity contribution < 1.29 is 47.8 Å². The SMILES string of the molecule is CCC=CCC=CCC=CCCCCCCCC(=O)OCC(COP(=O)(O)OCC(O)CO)OC(=O)CCCC=CCC=CCC=CCCCCCCCC. The van der Waals surface area contributed by atoms with Gasteiger partial charge in [0.25, 0.3) is 0 Å². The Morgan fingerprint density at radius 1 is 0.564 bits per heavy atom. The lowest BCUT2D eigenvalue weighted by Gasteiger charge is -2.20. The Kier molecular flexibility index (Phi) is 37.8. The van der Waals surface area contributed by atoms with Gasteiger partial charge in [0.2, 0.25) is 0 Å². The summed E-state index contributed by atoms with van der Waals surface area (Å²) in [6.07, 6.45) is 44.5. The highest BCUT2D eigenvalue weighted by molar-refractivity contribution is 7.47. The summed E-state index contributed by atoms with van der Waals surface area (Å²) in [4.78, 5) is 34.9. The Balaban J connectivity index is 4.45. The van der Waals surface area contributed by atoms with Gasteiger partial charge in [-0.15, -0.1) is 0 Å². The molecular weight excluding hydrogens is 719 g/mol. The van der Waals surface area contributed by atoms with Crippen molar-refractivity contribution in [2.45, 2.75) is 167 Å². The summed E-state index contributed by atoms with van der Waals surface area (Å²) in [5, 5.41) is 18.3. The lowest BCUT2D eigenvalue weighted by molar-refractivity contribution is -0.161. The predicted octanol–water partition coefficient (Wildman–Crippen LogP) is 10.9. The van der Waals surface area contributed by atoms with Crippen LogP contribution in [0.4, 0.5) is 0 Å². The lowest BCUT2D eigenvalue weighted by Crippen LogP contribution is -2.29. The molecule has 0 saturated heterocycles. The minimum Gasteiger partial charge on any atom is -0.462 e. The highest BCUT2D eigenvalue weighted by atomic mass is 31.2. The molecular formula is C44H75O10P. The molecule has 10 nitrogen and oxygen atoms in total. The Hall–Kier alpha value is -2.59. The molecule has 0 saturated carbocycles. The van der Waals surface area contributed by atoms with E-state index in [1.807, 2.05) is 6.08 Å². The molecule has 0 heterocycles. The molecule has 11 heteroatoms. The molecule has 0 aromatic heterocycles. The van der Waals surface area contributed by atoms with Gasteiger partial charge < -0.3 is 24.6 Å². The highest BCUT2D eigenvalue weighted by Crippen LogP contribution is 2.43. The monoisotopic (exact) mass is 795 g/mol. The molecule has 0 aliphatic rings. The van der Waals surface area contributed by atoms with Gasteiger partial charge in [-0.3, -0.25) is 18.6 Å². The number of esters is 2. The number of carbonyl (C=O) groups is 2. The summed E-state index contributed by atoms with van der Waals surface area (Å²) < 4.78 is 32.6. The summed E-state index contributed by atoms with van der Waals surface area (Å²) in [5.41, 5.74) is 0. The van der Waals surface area contributed by atoms with Crippen LogP contribution in [-0.4, -0.2) is 65.7 Å². The third-order valence-corrected chi connectivity index (χ3v) is 9.30. The first-order chi connectivity index (χ1) is 26.7. The van der Waals surface area contributed by atoms with Crippen LogP contribution in [-0.2, 0) is 32.7 Å². The van der Waals surface area contributed by atoms with Crippen LogP contribution in [0.3, 0.4) is 0 Å². The molecule has 0 amide bonds. The molecule has 55 heavy (non-hydrogen) atoms. The summed E-state index contributed by atoms with van der Waals surface area (Å²) in [6.45, 7) is 2.16. The number of phosphoric acid groups is 1. The molecule has 0 radical (unpaired) electrons. The van der Waals surface area contributed by atoms with Crippen LogP contribution in [0.15, 0.2) is 72.9 Å². The first-order valence-corrected chi connectivity index (χ1v) is 22.4. The number of phosphoric ester groups is 1. The molecule has 0 aliphatic heterocycles. The van der Waals surface area contributed by atoms with Crippen molar-refractivity contribution in [1.29, 1.82) is 0 Å². The number of unbranched alkanes of at least 4 members (excludes halogenated alkanes) is 12. The number of ether oxygens (including phenoxy) is 2. The van der Waals surface area contributed by atoms with Gasteiger partial charge in [0.1, 0.15) is 12.7 Å². The molecule has 0 fully saturated rings. The van der Waals surface area contributed by atoms with E-state index in [1.54, 1.807) is 0 Å². The fraction of sp³-hybridized carbons (Fsp3) is 0.682. The van der Waals surface area contributed by atoms with E-state index in [0.29, 0.717) is 19.3 Å². The van der Waals surface area contributed by atoms with Crippen LogP contribution in [0.5, 0.6) is 0 Å². The second-order valence-electron chi connectivity index (χ2n) is 13.6. The summed E-state index contributed by atoms with van der Waals surface area (Å²) in [5.74, 6) is -1.01. The van der Waals surface area contributed by atoms with Gasteiger partial charge in [-0.1, -0.05) is 138 Å². The normalized spacial score (nSPS) is 14.6. The third-order valence-electron chi connectivity index (χ3n) is 8.34. The quantitative estimate of drug-likeness (QED) is 0.0239. The second-order valence-corrected chi connectivity index (χ2v) is 15.1. The van der Waals surface area contributed by atoms with E-state index in [9.17, 15) is 24.2 Å². The molecule has 0 aromatic rings. The number of rotatable bonds is 38. The molecule has 0 bridgehead atoms. The van der Waals surface area contributed by atoms with Gasteiger partial charge in [-0.25, -0.2) is 4.57 Å².